The minimum atomic E-state index is -0.581. The van der Waals surface area contributed by atoms with E-state index >= 15 is 0 Å². The summed E-state index contributed by atoms with van der Waals surface area (Å²) in [5.41, 5.74) is 0.419. The topological polar surface area (TPSA) is 26.3 Å². The van der Waals surface area contributed by atoms with Gasteiger partial charge in [-0.25, -0.2) is 0 Å². The predicted octanol–water partition coefficient (Wildman–Crippen LogP) is 3.16. The van der Waals surface area contributed by atoms with Crippen LogP contribution >= 0.6 is 23.2 Å². The van der Waals surface area contributed by atoms with Crippen LogP contribution in [-0.2, 0) is 0 Å². The van der Waals surface area contributed by atoms with E-state index in [0.717, 1.165) is 0 Å². The Morgan fingerprint density at radius 1 is 1.50 bits per heavy atom. The largest absolute Gasteiger partial charge is 0.496 e. The summed E-state index contributed by atoms with van der Waals surface area (Å²) in [7, 11) is 1.50. The second-order valence-corrected chi connectivity index (χ2v) is 3.92. The number of hydrogen-bond donors (Lipinski definition) is 0. The molecule has 0 heterocycles. The lowest BCUT2D eigenvalue weighted by molar-refractivity contribution is 0.0989. The molecule has 0 radical (unpaired) electrons. The number of methoxy groups -OCH3 is 1. The summed E-state index contributed by atoms with van der Waals surface area (Å²) in [6, 6.07) is 4.87. The van der Waals surface area contributed by atoms with Crippen LogP contribution in [0.5, 0.6) is 5.75 Å². The van der Waals surface area contributed by atoms with E-state index in [2.05, 4.69) is 0 Å². The van der Waals surface area contributed by atoms with Crippen LogP contribution in [0, 0.1) is 0 Å². The molecule has 76 valence electrons. The highest BCUT2D eigenvalue weighted by atomic mass is 35.5. The van der Waals surface area contributed by atoms with Crippen molar-refractivity contribution in [3.63, 3.8) is 0 Å². The molecule has 2 nitrogen and oxygen atoms in total. The summed E-state index contributed by atoms with van der Waals surface area (Å²) in [5, 5.41) is -0.0890. The van der Waals surface area contributed by atoms with Crippen LogP contribution in [0.2, 0.25) is 5.02 Å². The number of hydrogen-bond acceptors (Lipinski definition) is 2. The van der Waals surface area contributed by atoms with Gasteiger partial charge >= 0.3 is 0 Å². The highest BCUT2D eigenvalue weighted by Gasteiger charge is 2.17. The first-order chi connectivity index (χ1) is 6.56. The average Bonchev–Trinajstić information content (AvgIpc) is 2.16. The van der Waals surface area contributed by atoms with Gasteiger partial charge in [0.25, 0.3) is 0 Å². The summed E-state index contributed by atoms with van der Waals surface area (Å²) in [6.45, 7) is 1.62. The second kappa shape index (κ2) is 4.67. The van der Waals surface area contributed by atoms with Gasteiger partial charge < -0.3 is 4.74 Å². The number of Topliss-reactive ketones (excluding diaryl/α,β-unsaturated/α-hetero) is 1. The Hall–Kier alpha value is -0.730. The highest BCUT2D eigenvalue weighted by molar-refractivity contribution is 6.35. The van der Waals surface area contributed by atoms with Crippen LogP contribution in [0.25, 0.3) is 0 Å². The number of ketones is 1. The van der Waals surface area contributed by atoms with Gasteiger partial charge in [-0.15, -0.1) is 11.6 Å². The van der Waals surface area contributed by atoms with E-state index in [-0.39, 0.29) is 5.78 Å². The maximum atomic E-state index is 11.6. The van der Waals surface area contributed by atoms with Gasteiger partial charge in [-0.3, -0.25) is 4.79 Å². The van der Waals surface area contributed by atoms with Gasteiger partial charge in [-0.05, 0) is 25.1 Å². The molecule has 1 rings (SSSR count). The van der Waals surface area contributed by atoms with Crippen molar-refractivity contribution in [2.24, 2.45) is 0 Å². The smallest absolute Gasteiger partial charge is 0.184 e. The van der Waals surface area contributed by atoms with Crippen LogP contribution in [0.3, 0.4) is 0 Å². The van der Waals surface area contributed by atoms with E-state index in [1.165, 1.54) is 7.11 Å². The third-order valence-electron chi connectivity index (χ3n) is 1.79. The molecule has 0 spiro atoms. The molecule has 4 heteroatoms. The van der Waals surface area contributed by atoms with Crippen LogP contribution in [0.1, 0.15) is 17.3 Å². The molecule has 0 bridgehead atoms. The minimum Gasteiger partial charge on any atom is -0.496 e. The lowest BCUT2D eigenvalue weighted by atomic mass is 10.1. The summed E-state index contributed by atoms with van der Waals surface area (Å²) in [5.74, 6) is 0.304. The Morgan fingerprint density at radius 3 is 2.64 bits per heavy atom. The van der Waals surface area contributed by atoms with Crippen LogP contribution < -0.4 is 4.74 Å². The Kier molecular flexibility index (Phi) is 3.78. The van der Waals surface area contributed by atoms with Crippen molar-refractivity contribution in [1.82, 2.24) is 0 Å². The maximum absolute atomic E-state index is 11.6. The molecule has 0 saturated heterocycles. The molecule has 14 heavy (non-hydrogen) atoms. The van der Waals surface area contributed by atoms with Gasteiger partial charge in [-0.1, -0.05) is 11.6 Å². The minimum absolute atomic E-state index is 0.189. The van der Waals surface area contributed by atoms with Crippen molar-refractivity contribution in [1.29, 1.82) is 0 Å². The molecule has 0 aliphatic heterocycles. The van der Waals surface area contributed by atoms with Gasteiger partial charge in [0.05, 0.1) is 18.1 Å². The molecular formula is C10H10Cl2O2. The molecule has 0 aliphatic rings. The average molecular weight is 233 g/mol. The zero-order chi connectivity index (χ0) is 10.7. The number of rotatable bonds is 3. The first-order valence-corrected chi connectivity index (χ1v) is 4.89. The maximum Gasteiger partial charge on any atom is 0.184 e. The van der Waals surface area contributed by atoms with Crippen molar-refractivity contribution in [2.75, 3.05) is 7.11 Å². The Morgan fingerprint density at radius 2 is 2.14 bits per heavy atom. The lowest BCUT2D eigenvalue weighted by Gasteiger charge is -2.08. The molecule has 0 fully saturated rings. The zero-order valence-corrected chi connectivity index (χ0v) is 9.39. The molecular weight excluding hydrogens is 223 g/mol. The van der Waals surface area contributed by atoms with E-state index < -0.39 is 5.38 Å². The van der Waals surface area contributed by atoms with E-state index in [1.54, 1.807) is 25.1 Å². The number of benzene rings is 1. The third-order valence-corrected chi connectivity index (χ3v) is 2.22. The summed E-state index contributed by atoms with van der Waals surface area (Å²) in [4.78, 5) is 11.6. The van der Waals surface area contributed by atoms with Gasteiger partial charge in [0, 0.05) is 5.02 Å². The van der Waals surface area contributed by atoms with Gasteiger partial charge in [0.2, 0.25) is 0 Å². The van der Waals surface area contributed by atoms with Crippen LogP contribution in [0.15, 0.2) is 18.2 Å². The van der Waals surface area contributed by atoms with E-state index in [1.807, 2.05) is 0 Å². The fourth-order valence-corrected chi connectivity index (χ4v) is 1.38. The van der Waals surface area contributed by atoms with E-state index in [9.17, 15) is 4.79 Å². The van der Waals surface area contributed by atoms with Crippen molar-refractivity contribution in [3.05, 3.63) is 28.8 Å². The molecule has 0 saturated carbocycles. The highest BCUT2D eigenvalue weighted by Crippen LogP contribution is 2.24. The number of halogens is 2. The quantitative estimate of drug-likeness (QED) is 0.592. The summed E-state index contributed by atoms with van der Waals surface area (Å²) >= 11 is 11.5. The predicted molar refractivity (Wildman–Crippen MR) is 57.6 cm³/mol. The van der Waals surface area contributed by atoms with Crippen molar-refractivity contribution in [2.45, 2.75) is 12.3 Å². The molecule has 0 amide bonds. The Bertz CT molecular complexity index is 348. The fourth-order valence-electron chi connectivity index (χ4n) is 1.09. The van der Waals surface area contributed by atoms with Gasteiger partial charge in [0.1, 0.15) is 5.75 Å². The summed E-state index contributed by atoms with van der Waals surface area (Å²) in [6.07, 6.45) is 0. The van der Waals surface area contributed by atoms with Crippen LogP contribution in [-0.4, -0.2) is 18.3 Å². The van der Waals surface area contributed by atoms with E-state index in [4.69, 9.17) is 27.9 Å². The van der Waals surface area contributed by atoms with Crippen molar-refractivity contribution >= 4 is 29.0 Å². The van der Waals surface area contributed by atoms with Crippen molar-refractivity contribution < 1.29 is 9.53 Å². The first kappa shape index (κ1) is 11.3. The third kappa shape index (κ3) is 2.40. The summed E-state index contributed by atoms with van der Waals surface area (Å²) < 4.78 is 5.03. The first-order valence-electron chi connectivity index (χ1n) is 4.08. The van der Waals surface area contributed by atoms with Gasteiger partial charge in [0.15, 0.2) is 5.78 Å². The van der Waals surface area contributed by atoms with E-state index in [0.29, 0.717) is 16.3 Å². The molecule has 0 aliphatic carbocycles. The molecule has 1 atom stereocenters. The fraction of sp³-hybridized carbons (Fsp3) is 0.300. The lowest BCUT2D eigenvalue weighted by Crippen LogP contribution is -2.11. The molecule has 1 aromatic carbocycles. The number of alkyl halides is 1. The Labute approximate surface area is 92.8 Å². The molecule has 0 aromatic heterocycles. The molecule has 1 aromatic rings. The Balaban J connectivity index is 3.17. The zero-order valence-electron chi connectivity index (χ0n) is 7.88. The molecule has 0 N–H and O–H groups in total. The number of carbonyl (C=O) groups is 1. The van der Waals surface area contributed by atoms with Crippen LogP contribution in [0.4, 0.5) is 0 Å². The van der Waals surface area contributed by atoms with Crippen molar-refractivity contribution in [3.8, 4) is 5.75 Å². The standard InChI is InChI=1S/C10H10Cl2O2/c1-6(11)10(13)8-5-7(12)3-4-9(8)14-2/h3-6H,1-2H3. The molecule has 1 unspecified atom stereocenters. The monoisotopic (exact) mass is 232 g/mol. The number of carbonyl (C=O) groups excluding carboxylic acids is 1. The van der Waals surface area contributed by atoms with Gasteiger partial charge in [-0.2, -0.15) is 0 Å². The SMILES string of the molecule is COc1ccc(Cl)cc1C(=O)C(C)Cl. The number of ether oxygens (including phenoxy) is 1. The second-order valence-electron chi connectivity index (χ2n) is 2.82. The normalized spacial score (nSPS) is 12.3.